The normalized spacial score (nSPS) is 14.6. The Morgan fingerprint density at radius 1 is 0.767 bits per heavy atom. The number of aryl methyl sites for hydroxylation is 3. The summed E-state index contributed by atoms with van der Waals surface area (Å²) in [7, 11) is 6.33. The van der Waals surface area contributed by atoms with Gasteiger partial charge in [0.15, 0.2) is 0 Å². The predicted molar refractivity (Wildman–Crippen MR) is 121 cm³/mol. The molecule has 30 heavy (non-hydrogen) atoms. The minimum Gasteiger partial charge on any atom is -0.331 e. The van der Waals surface area contributed by atoms with Crippen LogP contribution in [0.1, 0.15) is 54.9 Å². The molecule has 0 bridgehead atoms. The summed E-state index contributed by atoms with van der Waals surface area (Å²) in [5.41, 5.74) is 3.84. The molecule has 0 saturated carbocycles. The van der Waals surface area contributed by atoms with Crippen molar-refractivity contribution >= 4 is 0 Å². The topological polar surface area (TPSA) is 0 Å². The minimum absolute atomic E-state index is 0.121. The van der Waals surface area contributed by atoms with Gasteiger partial charge in [-0.15, -0.1) is 0 Å². The molecule has 0 fully saturated rings. The average Bonchev–Trinajstić information content (AvgIpc) is 2.60. The van der Waals surface area contributed by atoms with Crippen LogP contribution in [0.15, 0.2) is 36.4 Å². The van der Waals surface area contributed by atoms with Gasteiger partial charge in [0.05, 0.1) is 33.1 Å². The second-order valence-corrected chi connectivity index (χ2v) is 10.0. The third-order valence-corrected chi connectivity index (χ3v) is 6.17. The number of rotatable bonds is 8. The molecule has 1 nitrogen and oxygen atoms in total. The fourth-order valence-electron chi connectivity index (χ4n) is 4.12. The Morgan fingerprint density at radius 3 is 1.83 bits per heavy atom. The molecule has 0 aliphatic heterocycles. The first-order chi connectivity index (χ1) is 13.7. The van der Waals surface area contributed by atoms with Crippen LogP contribution in [-0.4, -0.2) is 38.3 Å². The summed E-state index contributed by atoms with van der Waals surface area (Å²) in [5.74, 6) is 0. The van der Waals surface area contributed by atoms with Gasteiger partial charge in [-0.2, -0.15) is 13.2 Å². The number of alkyl halides is 3. The zero-order valence-corrected chi connectivity index (χ0v) is 19.6. The van der Waals surface area contributed by atoms with Crippen LogP contribution in [0.4, 0.5) is 13.2 Å². The molecule has 0 saturated heterocycles. The van der Waals surface area contributed by atoms with E-state index in [9.17, 15) is 13.2 Å². The van der Waals surface area contributed by atoms with Crippen LogP contribution >= 0.6 is 0 Å². The van der Waals surface area contributed by atoms with Gasteiger partial charge in [-0.1, -0.05) is 48.4 Å². The van der Waals surface area contributed by atoms with Crippen molar-refractivity contribution < 1.29 is 17.7 Å². The number of benzene rings is 2. The first-order valence-corrected chi connectivity index (χ1v) is 10.8. The Morgan fingerprint density at radius 2 is 1.33 bits per heavy atom. The number of quaternary nitrogens is 1. The molecule has 2 rings (SSSR count). The van der Waals surface area contributed by atoms with Crippen molar-refractivity contribution in [3.8, 4) is 11.1 Å². The fraction of sp³-hybridized carbons (Fsp3) is 0.538. The molecule has 0 aliphatic carbocycles. The van der Waals surface area contributed by atoms with E-state index >= 15 is 0 Å². The summed E-state index contributed by atoms with van der Waals surface area (Å²) in [6.45, 7) is 8.34. The molecule has 1 atom stereocenters. The number of halogens is 3. The summed E-state index contributed by atoms with van der Waals surface area (Å²) in [5, 5.41) is 0. The van der Waals surface area contributed by atoms with E-state index in [2.05, 4.69) is 33.3 Å². The molecule has 0 spiro atoms. The highest BCUT2D eigenvalue weighted by atomic mass is 19.4. The summed E-state index contributed by atoms with van der Waals surface area (Å²) in [4.78, 5) is 0. The molecule has 0 radical (unpaired) electrons. The number of unbranched alkanes of at least 4 members (excludes halogenated alkanes) is 2. The third-order valence-electron chi connectivity index (χ3n) is 6.17. The van der Waals surface area contributed by atoms with Gasteiger partial charge in [0.1, 0.15) is 0 Å². The van der Waals surface area contributed by atoms with Gasteiger partial charge in [-0.25, -0.2) is 0 Å². The van der Waals surface area contributed by atoms with Crippen LogP contribution in [0.5, 0.6) is 0 Å². The van der Waals surface area contributed by atoms with Crippen LogP contribution in [0.3, 0.4) is 0 Å². The molecule has 2 aromatic rings. The molecule has 166 valence electrons. The highest BCUT2D eigenvalue weighted by molar-refractivity contribution is 5.71. The smallest absolute Gasteiger partial charge is 0.331 e. The maximum Gasteiger partial charge on any atom is 0.398 e. The van der Waals surface area contributed by atoms with Crippen molar-refractivity contribution in [1.29, 1.82) is 0 Å². The van der Waals surface area contributed by atoms with E-state index < -0.39 is 11.6 Å². The number of hydrogen-bond donors (Lipinski definition) is 0. The van der Waals surface area contributed by atoms with Crippen molar-refractivity contribution in [2.45, 2.75) is 65.0 Å². The Hall–Kier alpha value is -1.81. The van der Waals surface area contributed by atoms with Crippen molar-refractivity contribution in [1.82, 2.24) is 0 Å². The van der Waals surface area contributed by atoms with Crippen LogP contribution < -0.4 is 0 Å². The third kappa shape index (κ3) is 5.87. The number of hydrogen-bond acceptors (Lipinski definition) is 0. The summed E-state index contributed by atoms with van der Waals surface area (Å²) in [6.07, 6.45) is -1.81. The van der Waals surface area contributed by atoms with Crippen LogP contribution in [-0.2, 0) is 5.41 Å². The van der Waals surface area contributed by atoms with Crippen molar-refractivity contribution in [2.75, 3.05) is 27.7 Å². The van der Waals surface area contributed by atoms with Gasteiger partial charge in [0, 0.05) is 0 Å². The zero-order chi connectivity index (χ0) is 22.7. The van der Waals surface area contributed by atoms with Gasteiger partial charge in [0.2, 0.25) is 0 Å². The number of nitrogens with zero attached hydrogens (tertiary/aromatic N) is 1. The molecule has 4 heteroatoms. The first-order valence-electron chi connectivity index (χ1n) is 10.8. The zero-order valence-electron chi connectivity index (χ0n) is 19.6. The predicted octanol–water partition coefficient (Wildman–Crippen LogP) is 7.37. The SMILES string of the molecule is Cc1ccc(-c2ccc(C(C)(CCCCC[N+](C)(C)C)C(F)(F)F)cc2C)c(C)c1. The average molecular weight is 421 g/mol. The van der Waals surface area contributed by atoms with E-state index in [1.165, 1.54) is 12.5 Å². The molecule has 0 aliphatic rings. The Kier molecular flexibility index (Phi) is 7.45. The minimum atomic E-state index is -4.28. The summed E-state index contributed by atoms with van der Waals surface area (Å²) < 4.78 is 43.3. The van der Waals surface area contributed by atoms with Gasteiger partial charge in [-0.3, -0.25) is 0 Å². The summed E-state index contributed by atoms with van der Waals surface area (Å²) >= 11 is 0. The molecular weight excluding hydrogens is 383 g/mol. The highest BCUT2D eigenvalue weighted by Gasteiger charge is 2.51. The Bertz CT molecular complexity index is 862. The van der Waals surface area contributed by atoms with Gasteiger partial charge < -0.3 is 4.48 Å². The molecule has 0 N–H and O–H groups in total. The lowest BCUT2D eigenvalue weighted by Gasteiger charge is -2.33. The fourth-order valence-corrected chi connectivity index (χ4v) is 4.12. The second kappa shape index (κ2) is 9.13. The van der Waals surface area contributed by atoms with E-state index in [-0.39, 0.29) is 6.42 Å². The monoisotopic (exact) mass is 420 g/mol. The first kappa shape index (κ1) is 24.5. The largest absolute Gasteiger partial charge is 0.398 e. The van der Waals surface area contributed by atoms with Gasteiger partial charge >= 0.3 is 6.18 Å². The molecule has 2 aromatic carbocycles. The van der Waals surface area contributed by atoms with Gasteiger partial charge in [-0.05, 0) is 74.8 Å². The molecular formula is C26H37F3N+. The standard InChI is InChI=1S/C26H37F3N/c1-19-11-13-23(20(2)17-19)24-14-12-22(18-21(24)3)25(4,26(27,28)29)15-9-8-10-16-30(5,6)7/h11-14,17-18H,8-10,15-16H2,1-7H3/q+1. The lowest BCUT2D eigenvalue weighted by molar-refractivity contribution is -0.870. The van der Waals surface area contributed by atoms with E-state index in [1.54, 1.807) is 12.1 Å². The molecule has 0 aromatic heterocycles. The molecule has 0 amide bonds. The Balaban J connectivity index is 2.26. The van der Waals surface area contributed by atoms with Crippen molar-refractivity contribution in [3.63, 3.8) is 0 Å². The van der Waals surface area contributed by atoms with E-state index in [4.69, 9.17) is 0 Å². The van der Waals surface area contributed by atoms with Crippen LogP contribution in [0, 0.1) is 20.8 Å². The van der Waals surface area contributed by atoms with E-state index in [1.807, 2.05) is 32.9 Å². The van der Waals surface area contributed by atoms with Crippen LogP contribution in [0.25, 0.3) is 11.1 Å². The maximum absolute atomic E-state index is 14.1. The lowest BCUT2D eigenvalue weighted by atomic mass is 9.76. The van der Waals surface area contributed by atoms with E-state index in [0.717, 1.165) is 46.1 Å². The van der Waals surface area contributed by atoms with Crippen molar-refractivity contribution in [2.24, 2.45) is 0 Å². The maximum atomic E-state index is 14.1. The van der Waals surface area contributed by atoms with Gasteiger partial charge in [0.25, 0.3) is 0 Å². The molecule has 1 unspecified atom stereocenters. The second-order valence-electron chi connectivity index (χ2n) is 10.0. The summed E-state index contributed by atoms with van der Waals surface area (Å²) in [6, 6.07) is 11.5. The van der Waals surface area contributed by atoms with Crippen LogP contribution in [0.2, 0.25) is 0 Å². The van der Waals surface area contributed by atoms with E-state index in [0.29, 0.717) is 12.0 Å². The highest BCUT2D eigenvalue weighted by Crippen LogP contribution is 2.45. The molecule has 0 heterocycles. The quantitative estimate of drug-likeness (QED) is 0.309. The lowest BCUT2D eigenvalue weighted by Crippen LogP contribution is -2.39. The Labute approximate surface area is 180 Å². The van der Waals surface area contributed by atoms with Crippen molar-refractivity contribution in [3.05, 3.63) is 58.7 Å².